The van der Waals surface area contributed by atoms with Gasteiger partial charge in [-0.3, -0.25) is 0 Å². The summed E-state index contributed by atoms with van der Waals surface area (Å²) in [7, 11) is 0. The Balaban J connectivity index is 2.12. The average Bonchev–Trinajstić information content (AvgIpc) is 2.45. The van der Waals surface area contributed by atoms with E-state index in [1.807, 2.05) is 12.1 Å². The first-order valence-corrected chi connectivity index (χ1v) is 5.70. The lowest BCUT2D eigenvalue weighted by atomic mass is 9.95. The molecule has 2 heteroatoms. The van der Waals surface area contributed by atoms with Crippen LogP contribution in [0.25, 0.3) is 0 Å². The maximum absolute atomic E-state index is 5.98. The third-order valence-electron chi connectivity index (χ3n) is 2.87. The zero-order chi connectivity index (χ0) is 9.80. The van der Waals surface area contributed by atoms with Gasteiger partial charge in [-0.1, -0.05) is 30.2 Å². The van der Waals surface area contributed by atoms with Gasteiger partial charge in [-0.2, -0.15) is 0 Å². The number of hydrogen-bond donors (Lipinski definition) is 1. The summed E-state index contributed by atoms with van der Waals surface area (Å²) in [4.78, 5) is 0. The van der Waals surface area contributed by atoms with E-state index in [1.165, 1.54) is 24.8 Å². The number of hydrogen-bond acceptors (Lipinski definition) is 1. The van der Waals surface area contributed by atoms with Crippen molar-refractivity contribution < 1.29 is 0 Å². The molecule has 1 aromatic rings. The molecule has 14 heavy (non-hydrogen) atoms. The molecule has 0 amide bonds. The third kappa shape index (κ3) is 2.49. The summed E-state index contributed by atoms with van der Waals surface area (Å²) in [5, 5.41) is 4.33. The van der Waals surface area contributed by atoms with Gasteiger partial charge in [-0.05, 0) is 43.0 Å². The lowest BCUT2D eigenvalue weighted by molar-refractivity contribution is 0.610. The van der Waals surface area contributed by atoms with Crippen LogP contribution < -0.4 is 5.32 Å². The molecule has 1 nitrogen and oxygen atoms in total. The van der Waals surface area contributed by atoms with Gasteiger partial charge in [-0.25, -0.2) is 0 Å². The fourth-order valence-electron chi connectivity index (χ4n) is 2.06. The molecular formula is C12H16ClN. The van der Waals surface area contributed by atoms with E-state index in [0.29, 0.717) is 5.92 Å². The van der Waals surface area contributed by atoms with Gasteiger partial charge in [0.05, 0.1) is 0 Å². The molecule has 1 unspecified atom stereocenters. The van der Waals surface area contributed by atoms with Crippen LogP contribution in [0.5, 0.6) is 0 Å². The van der Waals surface area contributed by atoms with Gasteiger partial charge < -0.3 is 5.32 Å². The van der Waals surface area contributed by atoms with Crippen LogP contribution in [0.4, 0.5) is 0 Å². The van der Waals surface area contributed by atoms with Crippen LogP contribution in [0.3, 0.4) is 0 Å². The maximum Gasteiger partial charge on any atom is 0.0408 e. The van der Waals surface area contributed by atoms with Crippen molar-refractivity contribution in [3.63, 3.8) is 0 Å². The topological polar surface area (TPSA) is 12.0 Å². The summed E-state index contributed by atoms with van der Waals surface area (Å²) in [6.45, 7) is 2.26. The second-order valence-corrected chi connectivity index (χ2v) is 4.39. The summed E-state index contributed by atoms with van der Waals surface area (Å²) in [6, 6.07) is 8.26. The molecule has 0 saturated carbocycles. The number of benzene rings is 1. The smallest absolute Gasteiger partial charge is 0.0408 e. The molecule has 0 bridgehead atoms. The van der Waals surface area contributed by atoms with Crippen molar-refractivity contribution in [3.8, 4) is 0 Å². The minimum absolute atomic E-state index is 0.649. The Kier molecular flexibility index (Phi) is 3.44. The summed E-state index contributed by atoms with van der Waals surface area (Å²) in [5.41, 5.74) is 1.38. The van der Waals surface area contributed by atoms with E-state index in [-0.39, 0.29) is 0 Å². The standard InChI is InChI=1S/C12H16ClN/c13-12-6-3-5-10(8-12)11-4-1-2-7-14-9-11/h3,5-6,8,11,14H,1-2,4,7,9H2. The van der Waals surface area contributed by atoms with Crippen molar-refractivity contribution in [2.24, 2.45) is 0 Å². The molecule has 1 aromatic carbocycles. The minimum Gasteiger partial charge on any atom is -0.316 e. The molecule has 1 N–H and O–H groups in total. The Labute approximate surface area is 90.5 Å². The van der Waals surface area contributed by atoms with Crippen LogP contribution in [0.15, 0.2) is 24.3 Å². The number of halogens is 1. The highest BCUT2D eigenvalue weighted by molar-refractivity contribution is 6.30. The average molecular weight is 210 g/mol. The van der Waals surface area contributed by atoms with E-state index in [2.05, 4.69) is 17.4 Å². The normalized spacial score (nSPS) is 23.1. The summed E-state index contributed by atoms with van der Waals surface area (Å²) in [5.74, 6) is 0.649. The van der Waals surface area contributed by atoms with E-state index in [0.717, 1.165) is 18.1 Å². The van der Waals surface area contributed by atoms with Crippen molar-refractivity contribution >= 4 is 11.6 Å². The predicted molar refractivity (Wildman–Crippen MR) is 60.9 cm³/mol. The quantitative estimate of drug-likeness (QED) is 0.749. The molecule has 1 aliphatic rings. The Morgan fingerprint density at radius 3 is 3.07 bits per heavy atom. The Bertz CT molecular complexity index is 290. The van der Waals surface area contributed by atoms with E-state index >= 15 is 0 Å². The largest absolute Gasteiger partial charge is 0.316 e. The van der Waals surface area contributed by atoms with Crippen LogP contribution in [-0.4, -0.2) is 13.1 Å². The van der Waals surface area contributed by atoms with Gasteiger partial charge in [0.15, 0.2) is 0 Å². The Morgan fingerprint density at radius 2 is 2.21 bits per heavy atom. The number of nitrogens with one attached hydrogen (secondary N) is 1. The molecule has 1 saturated heterocycles. The highest BCUT2D eigenvalue weighted by Gasteiger charge is 2.13. The summed E-state index contributed by atoms with van der Waals surface area (Å²) in [6.07, 6.45) is 3.91. The first-order chi connectivity index (χ1) is 6.86. The molecule has 1 atom stereocenters. The molecule has 1 aliphatic heterocycles. The highest BCUT2D eigenvalue weighted by atomic mass is 35.5. The zero-order valence-electron chi connectivity index (χ0n) is 8.30. The molecule has 1 heterocycles. The zero-order valence-corrected chi connectivity index (χ0v) is 9.06. The van der Waals surface area contributed by atoms with Crippen LogP contribution in [-0.2, 0) is 0 Å². The van der Waals surface area contributed by atoms with E-state index < -0.39 is 0 Å². The molecule has 76 valence electrons. The van der Waals surface area contributed by atoms with Crippen molar-refractivity contribution in [1.82, 2.24) is 5.32 Å². The third-order valence-corrected chi connectivity index (χ3v) is 3.10. The molecule has 0 spiro atoms. The molecule has 2 rings (SSSR count). The second-order valence-electron chi connectivity index (χ2n) is 3.95. The molecular weight excluding hydrogens is 194 g/mol. The Morgan fingerprint density at radius 1 is 1.29 bits per heavy atom. The first-order valence-electron chi connectivity index (χ1n) is 5.32. The van der Waals surface area contributed by atoms with Crippen LogP contribution in [0.1, 0.15) is 30.7 Å². The van der Waals surface area contributed by atoms with Crippen molar-refractivity contribution in [3.05, 3.63) is 34.9 Å². The van der Waals surface area contributed by atoms with E-state index in [1.54, 1.807) is 0 Å². The van der Waals surface area contributed by atoms with Crippen LogP contribution >= 0.6 is 11.6 Å². The minimum atomic E-state index is 0.649. The van der Waals surface area contributed by atoms with E-state index in [9.17, 15) is 0 Å². The first kappa shape index (κ1) is 10.0. The predicted octanol–water partition coefficient (Wildman–Crippen LogP) is 3.20. The lowest BCUT2D eigenvalue weighted by Gasteiger charge is -2.14. The van der Waals surface area contributed by atoms with Gasteiger partial charge >= 0.3 is 0 Å². The van der Waals surface area contributed by atoms with Crippen LogP contribution in [0.2, 0.25) is 5.02 Å². The summed E-state index contributed by atoms with van der Waals surface area (Å²) < 4.78 is 0. The van der Waals surface area contributed by atoms with Crippen LogP contribution in [0, 0.1) is 0 Å². The highest BCUT2D eigenvalue weighted by Crippen LogP contribution is 2.25. The maximum atomic E-state index is 5.98. The molecule has 0 aromatic heterocycles. The lowest BCUT2D eigenvalue weighted by Crippen LogP contribution is -2.19. The van der Waals surface area contributed by atoms with Gasteiger partial charge in [0.25, 0.3) is 0 Å². The van der Waals surface area contributed by atoms with Crippen molar-refractivity contribution in [2.45, 2.75) is 25.2 Å². The number of rotatable bonds is 1. The molecule has 0 radical (unpaired) electrons. The molecule has 1 fully saturated rings. The monoisotopic (exact) mass is 209 g/mol. The van der Waals surface area contributed by atoms with Crippen molar-refractivity contribution in [2.75, 3.05) is 13.1 Å². The molecule has 0 aliphatic carbocycles. The van der Waals surface area contributed by atoms with Gasteiger partial charge in [0, 0.05) is 11.6 Å². The van der Waals surface area contributed by atoms with E-state index in [4.69, 9.17) is 11.6 Å². The SMILES string of the molecule is Clc1cccc(C2CCCCNC2)c1. The van der Waals surface area contributed by atoms with Gasteiger partial charge in [0.1, 0.15) is 0 Å². The van der Waals surface area contributed by atoms with Crippen molar-refractivity contribution in [1.29, 1.82) is 0 Å². The fraction of sp³-hybridized carbons (Fsp3) is 0.500. The fourth-order valence-corrected chi connectivity index (χ4v) is 2.26. The Hall–Kier alpha value is -0.530. The second kappa shape index (κ2) is 4.81. The summed E-state index contributed by atoms with van der Waals surface area (Å²) >= 11 is 5.98. The van der Waals surface area contributed by atoms with Gasteiger partial charge in [0.2, 0.25) is 0 Å². The van der Waals surface area contributed by atoms with Gasteiger partial charge in [-0.15, -0.1) is 0 Å².